The fraction of sp³-hybridized carbons (Fsp3) is 0.462. The van der Waals surface area contributed by atoms with Gasteiger partial charge in [0.2, 0.25) is 0 Å². The number of ketones is 1. The highest BCUT2D eigenvalue weighted by Gasteiger charge is 2.37. The van der Waals surface area contributed by atoms with Crippen LogP contribution in [-0.2, 0) is 4.79 Å². The first-order valence-corrected chi connectivity index (χ1v) is 5.56. The van der Waals surface area contributed by atoms with Crippen molar-refractivity contribution in [1.82, 2.24) is 4.90 Å². The van der Waals surface area contributed by atoms with Gasteiger partial charge in [-0.15, -0.1) is 0 Å². The molecule has 0 N–H and O–H groups in total. The molecule has 1 aromatic carbocycles. The molecule has 0 aromatic heterocycles. The number of halogens is 1. The van der Waals surface area contributed by atoms with Crippen molar-refractivity contribution < 1.29 is 9.18 Å². The van der Waals surface area contributed by atoms with Gasteiger partial charge in [-0.1, -0.05) is 18.2 Å². The van der Waals surface area contributed by atoms with E-state index in [0.717, 1.165) is 12.8 Å². The van der Waals surface area contributed by atoms with Crippen LogP contribution in [0.25, 0.3) is 0 Å². The lowest BCUT2D eigenvalue weighted by Gasteiger charge is -2.23. The molecule has 1 aliphatic rings. The van der Waals surface area contributed by atoms with E-state index >= 15 is 0 Å². The van der Waals surface area contributed by atoms with Crippen molar-refractivity contribution in [3.63, 3.8) is 0 Å². The average Bonchev–Trinajstić information content (AvgIpc) is 3.04. The second-order valence-electron chi connectivity index (χ2n) is 4.56. The third kappa shape index (κ3) is 2.14. The van der Waals surface area contributed by atoms with Crippen molar-refractivity contribution in [2.45, 2.75) is 18.9 Å². The Morgan fingerprint density at radius 1 is 1.38 bits per heavy atom. The number of likely N-dealkylation sites (N-methyl/N-ethyl adjacent to an activating group) is 1. The Balaban J connectivity index is 2.32. The zero-order valence-corrected chi connectivity index (χ0v) is 9.61. The molecule has 16 heavy (non-hydrogen) atoms. The van der Waals surface area contributed by atoms with Gasteiger partial charge >= 0.3 is 0 Å². The van der Waals surface area contributed by atoms with Gasteiger partial charge in [0.15, 0.2) is 5.78 Å². The van der Waals surface area contributed by atoms with E-state index in [9.17, 15) is 9.18 Å². The molecule has 0 heterocycles. The largest absolute Gasteiger partial charge is 0.297 e. The van der Waals surface area contributed by atoms with Crippen molar-refractivity contribution in [2.24, 2.45) is 5.92 Å². The highest BCUT2D eigenvalue weighted by atomic mass is 19.1. The SMILES string of the molecule is CN(C)[C@@H](C(=O)C1CC1)c1ccccc1F. The zero-order valence-electron chi connectivity index (χ0n) is 9.61. The topological polar surface area (TPSA) is 20.3 Å². The Kier molecular flexibility index (Phi) is 3.06. The van der Waals surface area contributed by atoms with Gasteiger partial charge < -0.3 is 0 Å². The van der Waals surface area contributed by atoms with Crippen molar-refractivity contribution >= 4 is 5.78 Å². The molecule has 0 radical (unpaired) electrons. The van der Waals surface area contributed by atoms with E-state index in [4.69, 9.17) is 0 Å². The third-order valence-corrected chi connectivity index (χ3v) is 2.97. The molecule has 1 saturated carbocycles. The quantitative estimate of drug-likeness (QED) is 0.778. The lowest BCUT2D eigenvalue weighted by molar-refractivity contribution is -0.124. The summed E-state index contributed by atoms with van der Waals surface area (Å²) in [5.74, 6) is -0.00249. The van der Waals surface area contributed by atoms with E-state index in [-0.39, 0.29) is 17.5 Å². The highest BCUT2D eigenvalue weighted by Crippen LogP contribution is 2.36. The van der Waals surface area contributed by atoms with Crippen molar-refractivity contribution in [2.75, 3.05) is 14.1 Å². The predicted octanol–water partition coefficient (Wildman–Crippen LogP) is 2.41. The molecule has 0 amide bonds. The van der Waals surface area contributed by atoms with E-state index in [1.807, 2.05) is 14.1 Å². The molecular formula is C13H16FNO. The predicted molar refractivity (Wildman–Crippen MR) is 60.6 cm³/mol. The molecular weight excluding hydrogens is 205 g/mol. The van der Waals surface area contributed by atoms with Gasteiger partial charge in [-0.25, -0.2) is 4.39 Å². The monoisotopic (exact) mass is 221 g/mol. The first-order chi connectivity index (χ1) is 7.61. The summed E-state index contributed by atoms with van der Waals surface area (Å²) in [5.41, 5.74) is 0.490. The Bertz CT molecular complexity index is 399. The van der Waals surface area contributed by atoms with E-state index < -0.39 is 6.04 Å². The lowest BCUT2D eigenvalue weighted by Crippen LogP contribution is -2.29. The van der Waals surface area contributed by atoms with Gasteiger partial charge in [0.25, 0.3) is 0 Å². The van der Waals surface area contributed by atoms with Crippen LogP contribution in [-0.4, -0.2) is 24.8 Å². The summed E-state index contributed by atoms with van der Waals surface area (Å²) in [4.78, 5) is 13.9. The summed E-state index contributed by atoms with van der Waals surface area (Å²) in [5, 5.41) is 0. The normalized spacial score (nSPS) is 17.5. The number of carbonyl (C=O) groups is 1. The van der Waals surface area contributed by atoms with Gasteiger partial charge in [0.05, 0.1) is 6.04 Å². The number of carbonyl (C=O) groups excluding carboxylic acids is 1. The standard InChI is InChI=1S/C13H16FNO/c1-15(2)12(13(16)9-7-8-9)10-5-3-4-6-11(10)14/h3-6,9,12H,7-8H2,1-2H3/t12-/m1/s1. The molecule has 3 heteroatoms. The smallest absolute Gasteiger partial charge is 0.157 e. The molecule has 1 aromatic rings. The number of rotatable bonds is 4. The number of hydrogen-bond donors (Lipinski definition) is 0. The molecule has 2 nitrogen and oxygen atoms in total. The van der Waals surface area contributed by atoms with E-state index in [2.05, 4.69) is 0 Å². The highest BCUT2D eigenvalue weighted by molar-refractivity contribution is 5.89. The number of Topliss-reactive ketones (excluding diaryl/α,β-unsaturated/α-hetero) is 1. The van der Waals surface area contributed by atoms with Gasteiger partial charge in [0, 0.05) is 11.5 Å². The number of nitrogens with zero attached hydrogens (tertiary/aromatic N) is 1. The van der Waals surface area contributed by atoms with Crippen LogP contribution in [0, 0.1) is 11.7 Å². The molecule has 0 spiro atoms. The molecule has 1 atom stereocenters. The third-order valence-electron chi connectivity index (χ3n) is 2.97. The minimum Gasteiger partial charge on any atom is -0.297 e. The lowest BCUT2D eigenvalue weighted by atomic mass is 9.98. The maximum atomic E-state index is 13.7. The van der Waals surface area contributed by atoms with Crippen LogP contribution in [0.15, 0.2) is 24.3 Å². The first-order valence-electron chi connectivity index (χ1n) is 5.56. The minimum atomic E-state index is -0.436. The van der Waals surface area contributed by atoms with Gasteiger partial charge in [-0.2, -0.15) is 0 Å². The van der Waals surface area contributed by atoms with Crippen LogP contribution in [0.5, 0.6) is 0 Å². The van der Waals surface area contributed by atoms with Crippen LogP contribution in [0.1, 0.15) is 24.4 Å². The molecule has 0 saturated heterocycles. The summed E-state index contributed by atoms with van der Waals surface area (Å²) in [6.07, 6.45) is 1.91. The van der Waals surface area contributed by atoms with E-state index in [1.54, 1.807) is 23.1 Å². The molecule has 1 aliphatic carbocycles. The van der Waals surface area contributed by atoms with Crippen LogP contribution in [0.4, 0.5) is 4.39 Å². The fourth-order valence-corrected chi connectivity index (χ4v) is 1.97. The van der Waals surface area contributed by atoms with Crippen molar-refractivity contribution in [3.05, 3.63) is 35.6 Å². The number of benzene rings is 1. The van der Waals surface area contributed by atoms with Gasteiger partial charge in [-0.05, 0) is 33.0 Å². The summed E-state index contributed by atoms with van der Waals surface area (Å²) >= 11 is 0. The summed E-state index contributed by atoms with van der Waals surface area (Å²) in [6, 6.07) is 6.09. The van der Waals surface area contributed by atoms with E-state index in [0.29, 0.717) is 5.56 Å². The fourth-order valence-electron chi connectivity index (χ4n) is 1.97. The summed E-state index contributed by atoms with van der Waals surface area (Å²) in [6.45, 7) is 0. The van der Waals surface area contributed by atoms with Crippen molar-refractivity contribution in [3.8, 4) is 0 Å². The second-order valence-corrected chi connectivity index (χ2v) is 4.56. The number of hydrogen-bond acceptors (Lipinski definition) is 2. The molecule has 0 aliphatic heterocycles. The Labute approximate surface area is 95.1 Å². The summed E-state index contributed by atoms with van der Waals surface area (Å²) in [7, 11) is 3.63. The van der Waals surface area contributed by atoms with E-state index in [1.165, 1.54) is 6.07 Å². The van der Waals surface area contributed by atoms with Gasteiger partial charge in [-0.3, -0.25) is 9.69 Å². The first kappa shape index (κ1) is 11.3. The molecule has 86 valence electrons. The molecule has 1 fully saturated rings. The molecule has 0 bridgehead atoms. The molecule has 0 unspecified atom stereocenters. The Morgan fingerprint density at radius 2 is 2.00 bits per heavy atom. The molecule has 2 rings (SSSR count). The van der Waals surface area contributed by atoms with Crippen molar-refractivity contribution in [1.29, 1.82) is 0 Å². The second kappa shape index (κ2) is 4.34. The Hall–Kier alpha value is -1.22. The van der Waals surface area contributed by atoms with Crippen LogP contribution < -0.4 is 0 Å². The minimum absolute atomic E-state index is 0.145. The van der Waals surface area contributed by atoms with Crippen LogP contribution in [0.2, 0.25) is 0 Å². The average molecular weight is 221 g/mol. The maximum Gasteiger partial charge on any atom is 0.157 e. The van der Waals surface area contributed by atoms with Crippen LogP contribution >= 0.6 is 0 Å². The Morgan fingerprint density at radius 3 is 2.50 bits per heavy atom. The maximum absolute atomic E-state index is 13.7. The van der Waals surface area contributed by atoms with Gasteiger partial charge in [0.1, 0.15) is 5.82 Å². The van der Waals surface area contributed by atoms with Crippen LogP contribution in [0.3, 0.4) is 0 Å². The summed E-state index contributed by atoms with van der Waals surface area (Å²) < 4.78 is 13.7. The zero-order chi connectivity index (χ0) is 11.7.